The summed E-state index contributed by atoms with van der Waals surface area (Å²) < 4.78 is 7.83. The summed E-state index contributed by atoms with van der Waals surface area (Å²) in [6.45, 7) is 6.50. The molecule has 2 aromatic heterocycles. The van der Waals surface area contributed by atoms with Crippen molar-refractivity contribution in [3.05, 3.63) is 24.2 Å². The molecule has 0 amide bonds. The first-order valence-electron chi connectivity index (χ1n) is 9.96. The van der Waals surface area contributed by atoms with Crippen LogP contribution in [0.5, 0.6) is 0 Å². The molecule has 0 saturated carbocycles. The summed E-state index contributed by atoms with van der Waals surface area (Å²) in [4.78, 5) is 4.96. The van der Waals surface area contributed by atoms with Crippen LogP contribution in [-0.2, 0) is 6.54 Å². The van der Waals surface area contributed by atoms with Crippen molar-refractivity contribution in [3.63, 3.8) is 0 Å². The normalized spacial score (nSPS) is 19.2. The fourth-order valence-electron chi connectivity index (χ4n) is 3.86. The SMILES string of the molecule is c1coc(Cn2c(SCCN3CCCCC3)nnc2N2CCCCC2)c1. The van der Waals surface area contributed by atoms with Crippen molar-refractivity contribution in [2.75, 3.05) is 43.4 Å². The molecule has 2 fully saturated rings. The molecule has 7 heteroatoms. The Morgan fingerprint density at radius 2 is 1.73 bits per heavy atom. The molecule has 0 unspecified atom stereocenters. The number of aromatic nitrogens is 3. The highest BCUT2D eigenvalue weighted by Crippen LogP contribution is 2.26. The summed E-state index contributed by atoms with van der Waals surface area (Å²) in [5.41, 5.74) is 0. The van der Waals surface area contributed by atoms with Gasteiger partial charge in [-0.05, 0) is 57.3 Å². The van der Waals surface area contributed by atoms with Gasteiger partial charge in [0, 0.05) is 25.4 Å². The maximum Gasteiger partial charge on any atom is 0.228 e. The molecule has 0 N–H and O–H groups in total. The van der Waals surface area contributed by atoms with E-state index in [0.717, 1.165) is 42.3 Å². The van der Waals surface area contributed by atoms with Crippen molar-refractivity contribution in [3.8, 4) is 0 Å². The van der Waals surface area contributed by atoms with E-state index >= 15 is 0 Å². The molecule has 0 radical (unpaired) electrons. The van der Waals surface area contributed by atoms with Gasteiger partial charge in [-0.15, -0.1) is 10.2 Å². The minimum absolute atomic E-state index is 0.706. The van der Waals surface area contributed by atoms with Gasteiger partial charge in [0.1, 0.15) is 5.76 Å². The monoisotopic (exact) mass is 375 g/mol. The van der Waals surface area contributed by atoms with Crippen molar-refractivity contribution in [2.45, 2.75) is 50.2 Å². The van der Waals surface area contributed by atoms with Crippen LogP contribution in [0.4, 0.5) is 5.95 Å². The van der Waals surface area contributed by atoms with E-state index in [2.05, 4.69) is 24.6 Å². The second kappa shape index (κ2) is 8.95. The molecule has 26 heavy (non-hydrogen) atoms. The lowest BCUT2D eigenvalue weighted by molar-refractivity contribution is 0.242. The fraction of sp³-hybridized carbons (Fsp3) is 0.684. The highest BCUT2D eigenvalue weighted by atomic mass is 32.2. The number of likely N-dealkylation sites (tertiary alicyclic amines) is 1. The van der Waals surface area contributed by atoms with Gasteiger partial charge in [-0.25, -0.2) is 0 Å². The Morgan fingerprint density at radius 1 is 0.962 bits per heavy atom. The van der Waals surface area contributed by atoms with E-state index in [0.29, 0.717) is 6.54 Å². The molecule has 4 heterocycles. The summed E-state index contributed by atoms with van der Waals surface area (Å²) in [5, 5.41) is 10.1. The largest absolute Gasteiger partial charge is 0.467 e. The molecular weight excluding hydrogens is 346 g/mol. The molecule has 0 bridgehead atoms. The van der Waals surface area contributed by atoms with Crippen molar-refractivity contribution in [1.82, 2.24) is 19.7 Å². The van der Waals surface area contributed by atoms with Crippen LogP contribution >= 0.6 is 11.8 Å². The third-order valence-electron chi connectivity index (χ3n) is 5.32. The van der Waals surface area contributed by atoms with Crippen molar-refractivity contribution >= 4 is 17.7 Å². The fourth-order valence-corrected chi connectivity index (χ4v) is 4.79. The Kier molecular flexibility index (Phi) is 6.17. The molecule has 142 valence electrons. The average molecular weight is 376 g/mol. The Balaban J connectivity index is 1.44. The van der Waals surface area contributed by atoms with Crippen LogP contribution in [0.2, 0.25) is 0 Å². The maximum absolute atomic E-state index is 5.59. The molecule has 0 aromatic carbocycles. The second-order valence-corrected chi connectivity index (χ2v) is 8.31. The predicted molar refractivity (Wildman–Crippen MR) is 105 cm³/mol. The third-order valence-corrected chi connectivity index (χ3v) is 6.26. The molecule has 2 aromatic rings. The Hall–Kier alpha value is -1.47. The summed E-state index contributed by atoms with van der Waals surface area (Å²) in [6.07, 6.45) is 9.62. The first-order valence-corrected chi connectivity index (χ1v) is 10.9. The van der Waals surface area contributed by atoms with Gasteiger partial charge in [0.15, 0.2) is 5.16 Å². The van der Waals surface area contributed by atoms with E-state index in [1.807, 2.05) is 23.9 Å². The van der Waals surface area contributed by atoms with Crippen LogP contribution in [0.3, 0.4) is 0 Å². The summed E-state index contributed by atoms with van der Waals surface area (Å²) in [7, 11) is 0. The van der Waals surface area contributed by atoms with Gasteiger partial charge < -0.3 is 14.2 Å². The zero-order valence-electron chi connectivity index (χ0n) is 15.5. The number of anilines is 1. The lowest BCUT2D eigenvalue weighted by Gasteiger charge is -2.28. The maximum atomic E-state index is 5.59. The number of rotatable bonds is 7. The van der Waals surface area contributed by atoms with E-state index in [1.165, 1.54) is 51.6 Å². The molecule has 0 spiro atoms. The molecule has 2 saturated heterocycles. The highest BCUT2D eigenvalue weighted by molar-refractivity contribution is 7.99. The Bertz CT molecular complexity index is 660. The van der Waals surface area contributed by atoms with Gasteiger partial charge >= 0.3 is 0 Å². The lowest BCUT2D eigenvalue weighted by Crippen LogP contribution is -2.32. The summed E-state index contributed by atoms with van der Waals surface area (Å²) in [5.74, 6) is 3.03. The van der Waals surface area contributed by atoms with E-state index < -0.39 is 0 Å². The van der Waals surface area contributed by atoms with E-state index in [9.17, 15) is 0 Å². The van der Waals surface area contributed by atoms with Gasteiger partial charge in [-0.2, -0.15) is 0 Å². The molecule has 6 nitrogen and oxygen atoms in total. The Morgan fingerprint density at radius 3 is 2.46 bits per heavy atom. The molecule has 2 aliphatic heterocycles. The van der Waals surface area contributed by atoms with Crippen LogP contribution in [0.1, 0.15) is 44.3 Å². The molecule has 2 aliphatic rings. The molecular formula is C19H29N5OS. The van der Waals surface area contributed by atoms with Crippen LogP contribution in [-0.4, -0.2) is 58.1 Å². The van der Waals surface area contributed by atoms with Crippen LogP contribution in [0.25, 0.3) is 0 Å². The number of hydrogen-bond donors (Lipinski definition) is 0. The summed E-state index contributed by atoms with van der Waals surface area (Å²) in [6, 6.07) is 3.98. The quantitative estimate of drug-likeness (QED) is 0.691. The van der Waals surface area contributed by atoms with Gasteiger partial charge in [-0.3, -0.25) is 4.57 Å². The molecule has 4 rings (SSSR count). The smallest absolute Gasteiger partial charge is 0.228 e. The van der Waals surface area contributed by atoms with Crippen LogP contribution in [0, 0.1) is 0 Å². The van der Waals surface area contributed by atoms with Crippen LogP contribution < -0.4 is 4.90 Å². The van der Waals surface area contributed by atoms with E-state index in [-0.39, 0.29) is 0 Å². The van der Waals surface area contributed by atoms with Crippen molar-refractivity contribution in [2.24, 2.45) is 0 Å². The summed E-state index contributed by atoms with van der Waals surface area (Å²) >= 11 is 1.83. The van der Waals surface area contributed by atoms with E-state index in [1.54, 1.807) is 6.26 Å². The van der Waals surface area contributed by atoms with Gasteiger partial charge in [0.25, 0.3) is 0 Å². The number of thioether (sulfide) groups is 1. The number of furan rings is 1. The Labute approximate surface area is 159 Å². The lowest BCUT2D eigenvalue weighted by atomic mass is 10.1. The van der Waals surface area contributed by atoms with Gasteiger partial charge in [0.2, 0.25) is 5.95 Å². The first-order chi connectivity index (χ1) is 12.9. The minimum Gasteiger partial charge on any atom is -0.467 e. The zero-order valence-corrected chi connectivity index (χ0v) is 16.3. The number of nitrogens with zero attached hydrogens (tertiary/aromatic N) is 5. The third kappa shape index (κ3) is 4.43. The van der Waals surface area contributed by atoms with Crippen LogP contribution in [0.15, 0.2) is 28.0 Å². The minimum atomic E-state index is 0.706. The van der Waals surface area contributed by atoms with Crippen molar-refractivity contribution < 1.29 is 4.42 Å². The molecule has 0 atom stereocenters. The van der Waals surface area contributed by atoms with Gasteiger partial charge in [0.05, 0.1) is 12.8 Å². The second-order valence-electron chi connectivity index (χ2n) is 7.25. The van der Waals surface area contributed by atoms with Crippen molar-refractivity contribution in [1.29, 1.82) is 0 Å². The number of piperidine rings is 2. The van der Waals surface area contributed by atoms with E-state index in [4.69, 9.17) is 4.42 Å². The zero-order chi connectivity index (χ0) is 17.6. The standard InChI is InChI=1S/C19H29N5OS/c1-3-9-22(10-4-1)13-15-26-19-21-20-18(23-11-5-2-6-12-23)24(19)16-17-8-7-14-25-17/h7-8,14H,1-6,9-13,15-16H2. The van der Waals surface area contributed by atoms with Gasteiger partial charge in [-0.1, -0.05) is 18.2 Å². The highest BCUT2D eigenvalue weighted by Gasteiger charge is 2.21. The average Bonchev–Trinajstić information content (AvgIpc) is 3.34. The first kappa shape index (κ1) is 17.9. The topological polar surface area (TPSA) is 50.3 Å². The predicted octanol–water partition coefficient (Wildman–Crippen LogP) is 3.49. The molecule has 0 aliphatic carbocycles. The number of hydrogen-bond acceptors (Lipinski definition) is 6.